The molecule has 0 bridgehead atoms. The van der Waals surface area contributed by atoms with Gasteiger partial charge in [0.05, 0.1) is 10.7 Å². The van der Waals surface area contributed by atoms with Crippen LogP contribution in [0.4, 0.5) is 5.69 Å². The van der Waals surface area contributed by atoms with Crippen LogP contribution in [0.2, 0.25) is 5.02 Å². The third kappa shape index (κ3) is 2.32. The van der Waals surface area contributed by atoms with Crippen molar-refractivity contribution < 1.29 is 4.79 Å². The van der Waals surface area contributed by atoms with Crippen molar-refractivity contribution in [3.8, 4) is 0 Å². The lowest BCUT2D eigenvalue weighted by molar-refractivity contribution is 0.112. The van der Waals surface area contributed by atoms with Gasteiger partial charge in [-0.2, -0.15) is 0 Å². The third-order valence-corrected chi connectivity index (χ3v) is 3.06. The van der Waals surface area contributed by atoms with Gasteiger partial charge in [0.1, 0.15) is 0 Å². The van der Waals surface area contributed by atoms with Gasteiger partial charge < -0.3 is 4.90 Å². The van der Waals surface area contributed by atoms with Crippen molar-refractivity contribution in [1.82, 2.24) is 0 Å². The lowest BCUT2D eigenvalue weighted by Crippen LogP contribution is -2.21. The van der Waals surface area contributed by atoms with E-state index in [2.05, 4.69) is 4.90 Å². The molecule has 2 rings (SSSR count). The van der Waals surface area contributed by atoms with Crippen molar-refractivity contribution in [2.24, 2.45) is 5.92 Å². The van der Waals surface area contributed by atoms with E-state index in [1.54, 1.807) is 12.1 Å². The standard InChI is InChI=1S/C12H14ClNO/c1-14(7-9-5-6-9)12-10(8-15)3-2-4-11(12)13/h2-4,8-9H,5-7H2,1H3. The second kappa shape index (κ2) is 4.23. The van der Waals surface area contributed by atoms with Gasteiger partial charge in [-0.15, -0.1) is 0 Å². The molecule has 2 nitrogen and oxygen atoms in total. The molecule has 0 heterocycles. The van der Waals surface area contributed by atoms with Crippen LogP contribution in [-0.2, 0) is 0 Å². The highest BCUT2D eigenvalue weighted by Crippen LogP contribution is 2.34. The van der Waals surface area contributed by atoms with Crippen LogP contribution >= 0.6 is 11.6 Å². The lowest BCUT2D eigenvalue weighted by atomic mass is 10.1. The number of benzene rings is 1. The predicted octanol–water partition coefficient (Wildman–Crippen LogP) is 3.00. The molecule has 0 radical (unpaired) electrons. The zero-order chi connectivity index (χ0) is 10.8. The van der Waals surface area contributed by atoms with Gasteiger partial charge in [-0.3, -0.25) is 4.79 Å². The van der Waals surface area contributed by atoms with Gasteiger partial charge in [-0.25, -0.2) is 0 Å². The first-order valence-electron chi connectivity index (χ1n) is 5.17. The normalized spacial score (nSPS) is 15.1. The van der Waals surface area contributed by atoms with Crippen molar-refractivity contribution in [2.75, 3.05) is 18.5 Å². The van der Waals surface area contributed by atoms with Crippen LogP contribution < -0.4 is 4.90 Å². The van der Waals surface area contributed by atoms with Crippen LogP contribution in [0.1, 0.15) is 23.2 Å². The first-order chi connectivity index (χ1) is 7.22. The predicted molar refractivity (Wildman–Crippen MR) is 62.8 cm³/mol. The summed E-state index contributed by atoms with van der Waals surface area (Å²) in [4.78, 5) is 13.0. The molecule has 1 saturated carbocycles. The molecule has 0 aromatic heterocycles. The fraction of sp³-hybridized carbons (Fsp3) is 0.417. The van der Waals surface area contributed by atoms with Gasteiger partial charge in [0, 0.05) is 19.2 Å². The Balaban J connectivity index is 2.26. The maximum atomic E-state index is 10.9. The molecular weight excluding hydrogens is 210 g/mol. The Morgan fingerprint density at radius 3 is 2.87 bits per heavy atom. The molecule has 0 atom stereocenters. The Labute approximate surface area is 94.8 Å². The molecular formula is C12H14ClNO. The van der Waals surface area contributed by atoms with Gasteiger partial charge in [0.25, 0.3) is 0 Å². The zero-order valence-electron chi connectivity index (χ0n) is 8.74. The molecule has 0 spiro atoms. The van der Waals surface area contributed by atoms with Gasteiger partial charge in [0.2, 0.25) is 0 Å². The molecule has 0 unspecified atom stereocenters. The summed E-state index contributed by atoms with van der Waals surface area (Å²) in [7, 11) is 1.99. The van der Waals surface area contributed by atoms with E-state index in [1.165, 1.54) is 12.8 Å². The average Bonchev–Trinajstić information content (AvgIpc) is 3.00. The molecule has 1 aromatic carbocycles. The Morgan fingerprint density at radius 1 is 1.53 bits per heavy atom. The topological polar surface area (TPSA) is 20.3 Å². The Bertz CT molecular complexity index is 374. The number of carbonyl (C=O) groups excluding carboxylic acids is 1. The van der Waals surface area contributed by atoms with E-state index in [-0.39, 0.29) is 0 Å². The van der Waals surface area contributed by atoms with Crippen LogP contribution in [0, 0.1) is 5.92 Å². The maximum Gasteiger partial charge on any atom is 0.152 e. The van der Waals surface area contributed by atoms with Gasteiger partial charge >= 0.3 is 0 Å². The van der Waals surface area contributed by atoms with Crippen LogP contribution in [0.3, 0.4) is 0 Å². The summed E-state index contributed by atoms with van der Waals surface area (Å²) in [6.07, 6.45) is 3.46. The number of aldehydes is 1. The smallest absolute Gasteiger partial charge is 0.152 e. The minimum absolute atomic E-state index is 0.655. The zero-order valence-corrected chi connectivity index (χ0v) is 9.50. The molecule has 1 aliphatic rings. The number of carbonyl (C=O) groups is 1. The molecule has 1 aromatic rings. The number of nitrogens with zero attached hydrogens (tertiary/aromatic N) is 1. The second-order valence-electron chi connectivity index (χ2n) is 4.12. The van der Waals surface area contributed by atoms with Crippen molar-refractivity contribution in [2.45, 2.75) is 12.8 Å². The second-order valence-corrected chi connectivity index (χ2v) is 4.53. The summed E-state index contributed by atoms with van der Waals surface area (Å²) in [5.41, 5.74) is 1.53. The Morgan fingerprint density at radius 2 is 2.27 bits per heavy atom. The van der Waals surface area contributed by atoms with Gasteiger partial charge in [-0.05, 0) is 30.9 Å². The summed E-state index contributed by atoms with van der Waals surface area (Å²) in [6, 6.07) is 5.44. The highest BCUT2D eigenvalue weighted by atomic mass is 35.5. The van der Waals surface area contributed by atoms with Crippen molar-refractivity contribution in [3.63, 3.8) is 0 Å². The van der Waals surface area contributed by atoms with E-state index < -0.39 is 0 Å². The quantitative estimate of drug-likeness (QED) is 0.732. The Kier molecular flexibility index (Phi) is 2.96. The first-order valence-corrected chi connectivity index (χ1v) is 5.55. The molecule has 0 aliphatic heterocycles. The molecule has 0 N–H and O–H groups in total. The number of para-hydroxylation sites is 1. The monoisotopic (exact) mass is 223 g/mol. The number of halogens is 1. The van der Waals surface area contributed by atoms with Crippen LogP contribution in [0.15, 0.2) is 18.2 Å². The summed E-state index contributed by atoms with van der Waals surface area (Å²) >= 11 is 6.11. The minimum Gasteiger partial charge on any atom is -0.373 e. The van der Waals surface area contributed by atoms with Crippen LogP contribution in [-0.4, -0.2) is 19.9 Å². The first kappa shape index (κ1) is 10.5. The average molecular weight is 224 g/mol. The van der Waals surface area contributed by atoms with Crippen molar-refractivity contribution in [3.05, 3.63) is 28.8 Å². The minimum atomic E-state index is 0.655. The molecule has 0 saturated heterocycles. The number of hydrogen-bond donors (Lipinski definition) is 0. The van der Waals surface area contributed by atoms with Crippen LogP contribution in [0.5, 0.6) is 0 Å². The molecule has 1 aliphatic carbocycles. The fourth-order valence-electron chi connectivity index (χ4n) is 1.81. The molecule has 80 valence electrons. The number of rotatable bonds is 4. The molecule has 15 heavy (non-hydrogen) atoms. The van der Waals surface area contributed by atoms with E-state index in [0.717, 1.165) is 24.4 Å². The van der Waals surface area contributed by atoms with Crippen molar-refractivity contribution >= 4 is 23.6 Å². The fourth-order valence-corrected chi connectivity index (χ4v) is 2.13. The van der Waals surface area contributed by atoms with Crippen molar-refractivity contribution in [1.29, 1.82) is 0 Å². The van der Waals surface area contributed by atoms with E-state index >= 15 is 0 Å². The van der Waals surface area contributed by atoms with Gasteiger partial charge in [-0.1, -0.05) is 17.7 Å². The molecule has 1 fully saturated rings. The summed E-state index contributed by atoms with van der Waals surface area (Å²) in [5.74, 6) is 0.783. The van der Waals surface area contributed by atoms with E-state index in [9.17, 15) is 4.79 Å². The lowest BCUT2D eigenvalue weighted by Gasteiger charge is -2.21. The highest BCUT2D eigenvalue weighted by molar-refractivity contribution is 6.33. The van der Waals surface area contributed by atoms with E-state index in [0.29, 0.717) is 10.6 Å². The SMILES string of the molecule is CN(CC1CC1)c1c(Cl)cccc1C=O. The molecule has 3 heteroatoms. The number of anilines is 1. The summed E-state index contributed by atoms with van der Waals surface area (Å²) in [5, 5.41) is 0.655. The number of hydrogen-bond acceptors (Lipinski definition) is 2. The Hall–Kier alpha value is -1.02. The maximum absolute atomic E-state index is 10.9. The largest absolute Gasteiger partial charge is 0.373 e. The van der Waals surface area contributed by atoms with E-state index in [1.807, 2.05) is 13.1 Å². The molecule has 0 amide bonds. The summed E-state index contributed by atoms with van der Waals surface area (Å²) < 4.78 is 0. The van der Waals surface area contributed by atoms with E-state index in [4.69, 9.17) is 11.6 Å². The van der Waals surface area contributed by atoms with Crippen LogP contribution in [0.25, 0.3) is 0 Å². The van der Waals surface area contributed by atoms with Gasteiger partial charge in [0.15, 0.2) is 6.29 Å². The highest BCUT2D eigenvalue weighted by Gasteiger charge is 2.24. The third-order valence-electron chi connectivity index (χ3n) is 2.76. The summed E-state index contributed by atoms with van der Waals surface area (Å²) in [6.45, 7) is 0.991.